The van der Waals surface area contributed by atoms with Crippen LogP contribution in [0, 0.1) is 25.5 Å². The minimum Gasteiger partial charge on any atom is -0.450 e. The van der Waals surface area contributed by atoms with E-state index in [0.29, 0.717) is 11.3 Å². The van der Waals surface area contributed by atoms with Crippen molar-refractivity contribution in [1.82, 2.24) is 10.2 Å². The molecule has 2 heterocycles. The number of carbonyl (C=O) groups excluding carboxylic acids is 1. The van der Waals surface area contributed by atoms with Gasteiger partial charge in [-0.3, -0.25) is 9.89 Å². The molecule has 0 radical (unpaired) electrons. The van der Waals surface area contributed by atoms with Crippen LogP contribution in [-0.2, 0) is 0 Å². The average molecular weight is 367 g/mol. The molecule has 2 N–H and O–H groups in total. The summed E-state index contributed by atoms with van der Waals surface area (Å²) >= 11 is 0. The Kier molecular flexibility index (Phi) is 3.99. The molecule has 0 aliphatic rings. The summed E-state index contributed by atoms with van der Waals surface area (Å²) in [6.07, 6.45) is 0. The number of carbonyl (C=O) groups is 1. The number of fused-ring (bicyclic) bond motifs is 1. The van der Waals surface area contributed by atoms with Crippen molar-refractivity contribution in [1.29, 1.82) is 0 Å². The number of hydrogen-bond donors (Lipinski definition) is 2. The Morgan fingerprint density at radius 1 is 1.11 bits per heavy atom. The highest BCUT2D eigenvalue weighted by atomic mass is 19.1. The summed E-state index contributed by atoms with van der Waals surface area (Å²) in [5.41, 5.74) is 2.99. The average Bonchev–Trinajstić information content (AvgIpc) is 3.20. The van der Waals surface area contributed by atoms with Gasteiger partial charge in [-0.15, -0.1) is 0 Å². The van der Waals surface area contributed by atoms with Crippen LogP contribution in [0.1, 0.15) is 21.7 Å². The van der Waals surface area contributed by atoms with E-state index >= 15 is 0 Å². The van der Waals surface area contributed by atoms with Gasteiger partial charge in [-0.1, -0.05) is 18.2 Å². The SMILES string of the molecule is Cc1c(C(=O)Nc2cc(-c3cc(F)cc(F)c3)[nH]n2)oc2c(C)cccc12. The summed E-state index contributed by atoms with van der Waals surface area (Å²) in [7, 11) is 0. The van der Waals surface area contributed by atoms with Gasteiger partial charge in [0.2, 0.25) is 0 Å². The Labute approximate surface area is 153 Å². The van der Waals surface area contributed by atoms with Crippen LogP contribution in [0.5, 0.6) is 0 Å². The van der Waals surface area contributed by atoms with Gasteiger partial charge >= 0.3 is 0 Å². The minimum atomic E-state index is -0.696. The number of aromatic nitrogens is 2. The number of furan rings is 1. The van der Waals surface area contributed by atoms with Crippen LogP contribution in [0.4, 0.5) is 14.6 Å². The first kappa shape index (κ1) is 17.0. The van der Waals surface area contributed by atoms with Gasteiger partial charge < -0.3 is 9.73 Å². The first-order chi connectivity index (χ1) is 12.9. The Bertz CT molecular complexity index is 1160. The van der Waals surface area contributed by atoms with Gasteiger partial charge in [-0.05, 0) is 31.5 Å². The number of aryl methyl sites for hydroxylation is 2. The van der Waals surface area contributed by atoms with E-state index in [2.05, 4.69) is 15.5 Å². The van der Waals surface area contributed by atoms with E-state index in [4.69, 9.17) is 4.42 Å². The molecule has 0 spiro atoms. The molecule has 7 heteroatoms. The number of anilines is 1. The number of benzene rings is 2. The molecule has 0 saturated carbocycles. The zero-order valence-corrected chi connectivity index (χ0v) is 14.6. The first-order valence-corrected chi connectivity index (χ1v) is 8.24. The lowest BCUT2D eigenvalue weighted by Gasteiger charge is -1.99. The van der Waals surface area contributed by atoms with Crippen molar-refractivity contribution >= 4 is 22.7 Å². The minimum absolute atomic E-state index is 0.195. The zero-order valence-electron chi connectivity index (χ0n) is 14.6. The van der Waals surface area contributed by atoms with Crippen LogP contribution in [0.15, 0.2) is 46.9 Å². The van der Waals surface area contributed by atoms with Crippen LogP contribution in [0.3, 0.4) is 0 Å². The van der Waals surface area contributed by atoms with Crippen LogP contribution in [-0.4, -0.2) is 16.1 Å². The van der Waals surface area contributed by atoms with Crippen molar-refractivity contribution in [2.75, 3.05) is 5.32 Å². The summed E-state index contributed by atoms with van der Waals surface area (Å²) in [5, 5.41) is 10.1. The number of nitrogens with zero attached hydrogens (tertiary/aromatic N) is 1. The third-order valence-electron chi connectivity index (χ3n) is 4.36. The van der Waals surface area contributed by atoms with E-state index in [0.717, 1.165) is 22.6 Å². The molecule has 2 aromatic heterocycles. The van der Waals surface area contributed by atoms with E-state index < -0.39 is 17.5 Å². The summed E-state index contributed by atoms with van der Waals surface area (Å²) in [6.45, 7) is 3.72. The van der Waals surface area contributed by atoms with E-state index in [9.17, 15) is 13.6 Å². The second-order valence-electron chi connectivity index (χ2n) is 6.29. The van der Waals surface area contributed by atoms with Gasteiger partial charge in [0, 0.05) is 28.6 Å². The Hall–Kier alpha value is -3.48. The van der Waals surface area contributed by atoms with Crippen molar-refractivity contribution in [3.8, 4) is 11.3 Å². The van der Waals surface area contributed by atoms with Crippen molar-refractivity contribution < 1.29 is 18.0 Å². The van der Waals surface area contributed by atoms with Crippen molar-refractivity contribution in [2.45, 2.75) is 13.8 Å². The fourth-order valence-corrected chi connectivity index (χ4v) is 3.02. The Morgan fingerprint density at radius 3 is 2.56 bits per heavy atom. The smallest absolute Gasteiger partial charge is 0.292 e. The number of para-hydroxylation sites is 1. The van der Waals surface area contributed by atoms with Crippen molar-refractivity contribution in [3.63, 3.8) is 0 Å². The maximum atomic E-state index is 13.4. The highest BCUT2D eigenvalue weighted by molar-refractivity contribution is 6.06. The fourth-order valence-electron chi connectivity index (χ4n) is 3.02. The molecule has 2 aromatic carbocycles. The molecule has 0 atom stereocenters. The topological polar surface area (TPSA) is 70.9 Å². The summed E-state index contributed by atoms with van der Waals surface area (Å²) in [4.78, 5) is 12.6. The molecule has 0 aliphatic heterocycles. The number of aromatic amines is 1. The molecular weight excluding hydrogens is 352 g/mol. The second-order valence-corrected chi connectivity index (χ2v) is 6.29. The van der Waals surface area contributed by atoms with Gasteiger partial charge in [0.25, 0.3) is 5.91 Å². The molecule has 4 rings (SSSR count). The van der Waals surface area contributed by atoms with Crippen LogP contribution >= 0.6 is 0 Å². The number of hydrogen-bond acceptors (Lipinski definition) is 3. The highest BCUT2D eigenvalue weighted by Crippen LogP contribution is 2.28. The lowest BCUT2D eigenvalue weighted by molar-refractivity contribution is 0.0997. The van der Waals surface area contributed by atoms with Gasteiger partial charge in [-0.25, -0.2) is 8.78 Å². The summed E-state index contributed by atoms with van der Waals surface area (Å²) < 4.78 is 32.5. The molecule has 0 unspecified atom stereocenters. The number of rotatable bonds is 3. The molecule has 4 aromatic rings. The molecule has 27 heavy (non-hydrogen) atoms. The molecule has 1 amide bonds. The lowest BCUT2D eigenvalue weighted by atomic mass is 10.1. The van der Waals surface area contributed by atoms with E-state index in [-0.39, 0.29) is 17.1 Å². The largest absolute Gasteiger partial charge is 0.450 e. The molecule has 0 fully saturated rings. The van der Waals surface area contributed by atoms with Crippen LogP contribution in [0.2, 0.25) is 0 Å². The molecule has 0 saturated heterocycles. The zero-order chi connectivity index (χ0) is 19.1. The molecule has 5 nitrogen and oxygen atoms in total. The monoisotopic (exact) mass is 367 g/mol. The second kappa shape index (κ2) is 6.35. The normalized spacial score (nSPS) is 11.1. The third-order valence-corrected chi connectivity index (χ3v) is 4.36. The molecular formula is C20H15F2N3O2. The maximum absolute atomic E-state index is 13.4. The summed E-state index contributed by atoms with van der Waals surface area (Å²) in [5.74, 6) is -1.43. The van der Waals surface area contributed by atoms with Crippen molar-refractivity contribution in [2.24, 2.45) is 0 Å². The Balaban J connectivity index is 1.62. The Morgan fingerprint density at radius 2 is 1.85 bits per heavy atom. The number of amides is 1. The fraction of sp³-hybridized carbons (Fsp3) is 0.100. The quantitative estimate of drug-likeness (QED) is 0.537. The molecule has 136 valence electrons. The predicted octanol–water partition coefficient (Wildman–Crippen LogP) is 4.97. The van der Waals surface area contributed by atoms with Gasteiger partial charge in [0.05, 0.1) is 5.69 Å². The number of halogens is 2. The van der Waals surface area contributed by atoms with Crippen LogP contribution < -0.4 is 5.32 Å². The summed E-state index contributed by atoms with van der Waals surface area (Å²) in [6, 6.07) is 10.3. The first-order valence-electron chi connectivity index (χ1n) is 8.24. The van der Waals surface area contributed by atoms with Crippen LogP contribution in [0.25, 0.3) is 22.2 Å². The predicted molar refractivity (Wildman–Crippen MR) is 97.6 cm³/mol. The maximum Gasteiger partial charge on any atom is 0.292 e. The lowest BCUT2D eigenvalue weighted by Crippen LogP contribution is -2.12. The van der Waals surface area contributed by atoms with E-state index in [1.165, 1.54) is 18.2 Å². The van der Waals surface area contributed by atoms with Gasteiger partial charge in [0.1, 0.15) is 17.2 Å². The number of H-pyrrole nitrogens is 1. The van der Waals surface area contributed by atoms with E-state index in [1.807, 2.05) is 32.0 Å². The van der Waals surface area contributed by atoms with Crippen molar-refractivity contribution in [3.05, 3.63) is 71.0 Å². The van der Waals surface area contributed by atoms with Gasteiger partial charge in [0.15, 0.2) is 11.6 Å². The van der Waals surface area contributed by atoms with E-state index in [1.54, 1.807) is 0 Å². The third kappa shape index (κ3) is 3.08. The van der Waals surface area contributed by atoms with Gasteiger partial charge in [-0.2, -0.15) is 5.10 Å². The molecule has 0 aliphatic carbocycles. The number of nitrogens with one attached hydrogen (secondary N) is 2. The molecule has 0 bridgehead atoms. The highest BCUT2D eigenvalue weighted by Gasteiger charge is 2.19. The standard InChI is InChI=1S/C20H15F2N3O2/c1-10-4-3-5-15-11(2)19(27-18(10)15)20(26)23-17-9-16(24-25-17)12-6-13(21)8-14(22)7-12/h3-9H,1-2H3,(H2,23,24,25,26).